The first-order valence-electron chi connectivity index (χ1n) is 13.6. The van der Waals surface area contributed by atoms with E-state index in [1.54, 1.807) is 16.6 Å². The molecule has 4 atom stereocenters. The number of carbonyl (C=O) groups is 1. The SMILES string of the molecule is CC1CCC(C(C)C)C(S(=O)(=O)N(CCCCCCC(=O)O)CCCC(O)COCc2ccco2)C1. The molecule has 0 aliphatic heterocycles. The van der Waals surface area contributed by atoms with Gasteiger partial charge in [0.15, 0.2) is 0 Å². The Morgan fingerprint density at radius 3 is 2.56 bits per heavy atom. The summed E-state index contributed by atoms with van der Waals surface area (Å²) >= 11 is 0. The molecule has 0 saturated heterocycles. The normalized spacial score (nSPS) is 21.8. The lowest BCUT2D eigenvalue weighted by Crippen LogP contribution is -2.47. The molecule has 36 heavy (non-hydrogen) atoms. The molecule has 1 aliphatic carbocycles. The third-order valence-corrected chi connectivity index (χ3v) is 9.72. The number of unbranched alkanes of at least 4 members (excludes halogenated alkanes) is 3. The van der Waals surface area contributed by atoms with Gasteiger partial charge < -0.3 is 19.4 Å². The van der Waals surface area contributed by atoms with Gasteiger partial charge in [-0.2, -0.15) is 0 Å². The molecular weight excluding hydrogens is 482 g/mol. The Balaban J connectivity index is 1.94. The summed E-state index contributed by atoms with van der Waals surface area (Å²) < 4.78 is 40.2. The summed E-state index contributed by atoms with van der Waals surface area (Å²) in [7, 11) is -3.49. The van der Waals surface area contributed by atoms with Crippen molar-refractivity contribution in [3.05, 3.63) is 24.2 Å². The molecule has 2 N–H and O–H groups in total. The first kappa shape index (κ1) is 30.8. The van der Waals surface area contributed by atoms with Gasteiger partial charge in [-0.25, -0.2) is 12.7 Å². The van der Waals surface area contributed by atoms with Crippen LogP contribution < -0.4 is 0 Å². The van der Waals surface area contributed by atoms with E-state index in [1.165, 1.54) is 0 Å². The van der Waals surface area contributed by atoms with Crippen LogP contribution in [-0.4, -0.2) is 60.0 Å². The number of hydrogen-bond donors (Lipinski definition) is 2. The lowest BCUT2D eigenvalue weighted by Gasteiger charge is -2.39. The molecule has 0 aromatic carbocycles. The number of aliphatic hydroxyl groups excluding tert-OH is 1. The van der Waals surface area contributed by atoms with Crippen LogP contribution in [-0.2, 0) is 26.2 Å². The molecule has 0 amide bonds. The zero-order valence-corrected chi connectivity index (χ0v) is 23.1. The number of carboxylic acid groups (broad SMARTS) is 1. The first-order valence-corrected chi connectivity index (χ1v) is 15.1. The van der Waals surface area contributed by atoms with Crippen LogP contribution in [0.5, 0.6) is 0 Å². The van der Waals surface area contributed by atoms with Gasteiger partial charge >= 0.3 is 5.97 Å². The fourth-order valence-corrected chi connectivity index (χ4v) is 7.82. The smallest absolute Gasteiger partial charge is 0.303 e. The summed E-state index contributed by atoms with van der Waals surface area (Å²) in [6.45, 7) is 7.67. The van der Waals surface area contributed by atoms with Gasteiger partial charge in [-0.15, -0.1) is 0 Å². The monoisotopic (exact) mass is 529 g/mol. The topological polar surface area (TPSA) is 117 Å². The number of aliphatic carboxylic acids is 1. The van der Waals surface area contributed by atoms with Gasteiger partial charge in [0.25, 0.3) is 0 Å². The van der Waals surface area contributed by atoms with Crippen molar-refractivity contribution >= 4 is 16.0 Å². The minimum atomic E-state index is -3.49. The van der Waals surface area contributed by atoms with Crippen molar-refractivity contribution in [2.75, 3.05) is 19.7 Å². The van der Waals surface area contributed by atoms with E-state index < -0.39 is 22.1 Å². The predicted molar refractivity (Wildman–Crippen MR) is 140 cm³/mol. The summed E-state index contributed by atoms with van der Waals surface area (Å²) in [5.74, 6) is 0.764. The summed E-state index contributed by atoms with van der Waals surface area (Å²) in [4.78, 5) is 10.7. The molecule has 4 unspecified atom stereocenters. The summed E-state index contributed by atoms with van der Waals surface area (Å²) in [6, 6.07) is 3.60. The van der Waals surface area contributed by atoms with E-state index in [2.05, 4.69) is 20.8 Å². The number of furan rings is 1. The summed E-state index contributed by atoms with van der Waals surface area (Å²) in [5, 5.41) is 18.8. The average molecular weight is 530 g/mol. The lowest BCUT2D eigenvalue weighted by atomic mass is 9.77. The van der Waals surface area contributed by atoms with Crippen LogP contribution in [0.25, 0.3) is 0 Å². The molecule has 2 rings (SSSR count). The van der Waals surface area contributed by atoms with E-state index in [9.17, 15) is 18.3 Å². The van der Waals surface area contributed by atoms with E-state index >= 15 is 0 Å². The maximum atomic E-state index is 13.9. The maximum Gasteiger partial charge on any atom is 0.303 e. The first-order chi connectivity index (χ1) is 17.1. The molecule has 1 aromatic rings. The second-order valence-electron chi connectivity index (χ2n) is 10.8. The second kappa shape index (κ2) is 15.7. The van der Waals surface area contributed by atoms with Gasteiger partial charge in [0.05, 0.1) is 24.2 Å². The molecule has 1 heterocycles. The van der Waals surface area contributed by atoms with E-state index in [-0.39, 0.29) is 24.2 Å². The molecule has 9 heteroatoms. The number of carboxylic acids is 1. The molecule has 1 fully saturated rings. The van der Waals surface area contributed by atoms with Crippen molar-refractivity contribution in [1.82, 2.24) is 4.31 Å². The molecular formula is C27H47NO7S. The van der Waals surface area contributed by atoms with Crippen LogP contribution in [0.3, 0.4) is 0 Å². The lowest BCUT2D eigenvalue weighted by molar-refractivity contribution is -0.137. The van der Waals surface area contributed by atoms with Crippen molar-refractivity contribution in [3.63, 3.8) is 0 Å². The highest BCUT2D eigenvalue weighted by Gasteiger charge is 2.41. The number of nitrogens with zero attached hydrogens (tertiary/aromatic N) is 1. The van der Waals surface area contributed by atoms with Crippen molar-refractivity contribution in [2.24, 2.45) is 17.8 Å². The highest BCUT2D eigenvalue weighted by Crippen LogP contribution is 2.38. The molecule has 0 bridgehead atoms. The fraction of sp³-hybridized carbons (Fsp3) is 0.815. The van der Waals surface area contributed by atoms with Gasteiger partial charge in [-0.3, -0.25) is 4.79 Å². The van der Waals surface area contributed by atoms with E-state index in [1.807, 2.05) is 6.07 Å². The highest BCUT2D eigenvalue weighted by molar-refractivity contribution is 7.89. The summed E-state index contributed by atoms with van der Waals surface area (Å²) in [6.07, 6.45) is 7.69. The zero-order chi connectivity index (χ0) is 26.6. The van der Waals surface area contributed by atoms with Crippen LogP contribution in [0.2, 0.25) is 0 Å². The average Bonchev–Trinajstić information content (AvgIpc) is 3.33. The Morgan fingerprint density at radius 2 is 1.89 bits per heavy atom. The second-order valence-corrected chi connectivity index (χ2v) is 12.9. The number of rotatable bonds is 18. The molecule has 8 nitrogen and oxygen atoms in total. The van der Waals surface area contributed by atoms with Crippen molar-refractivity contribution in [2.45, 2.75) is 103 Å². The number of hydrogen-bond acceptors (Lipinski definition) is 6. The van der Waals surface area contributed by atoms with Crippen LogP contribution >= 0.6 is 0 Å². The van der Waals surface area contributed by atoms with Crippen molar-refractivity contribution in [3.8, 4) is 0 Å². The molecule has 208 valence electrons. The third-order valence-electron chi connectivity index (χ3n) is 7.33. The Morgan fingerprint density at radius 1 is 1.17 bits per heavy atom. The Labute approximate surface area is 217 Å². The Kier molecular flexibility index (Phi) is 13.5. The van der Waals surface area contributed by atoms with Gasteiger partial charge in [0.1, 0.15) is 12.4 Å². The maximum absolute atomic E-state index is 13.9. The molecule has 1 aromatic heterocycles. The quantitative estimate of drug-likeness (QED) is 0.255. The van der Waals surface area contributed by atoms with Gasteiger partial charge in [0, 0.05) is 19.5 Å². The molecule has 1 aliphatic rings. The number of ether oxygens (including phenoxy) is 1. The predicted octanol–water partition coefficient (Wildman–Crippen LogP) is 5.07. The largest absolute Gasteiger partial charge is 0.481 e. The minimum Gasteiger partial charge on any atom is -0.481 e. The Hall–Kier alpha value is -1.42. The molecule has 0 spiro atoms. The van der Waals surface area contributed by atoms with E-state index in [4.69, 9.17) is 14.3 Å². The van der Waals surface area contributed by atoms with Gasteiger partial charge in [-0.05, 0) is 68.4 Å². The zero-order valence-electron chi connectivity index (χ0n) is 22.3. The van der Waals surface area contributed by atoms with Crippen molar-refractivity contribution in [1.29, 1.82) is 0 Å². The third kappa shape index (κ3) is 10.5. The number of aliphatic hydroxyl groups is 1. The standard InChI is InChI=1S/C27H47NO7S/c1-21(2)25-14-13-22(3)18-26(25)36(32,33)28(15-7-5-4-6-12-27(30)31)16-8-10-23(29)19-34-20-24-11-9-17-35-24/h9,11,17,21-23,25-26,29H,4-8,10,12-16,18-20H2,1-3H3,(H,30,31). The van der Waals surface area contributed by atoms with Gasteiger partial charge in [0.2, 0.25) is 10.0 Å². The van der Waals surface area contributed by atoms with Crippen LogP contribution in [0.15, 0.2) is 22.8 Å². The fourth-order valence-electron chi connectivity index (χ4n) is 5.21. The van der Waals surface area contributed by atoms with Crippen LogP contribution in [0, 0.1) is 17.8 Å². The van der Waals surface area contributed by atoms with Crippen LogP contribution in [0.1, 0.15) is 90.7 Å². The highest BCUT2D eigenvalue weighted by atomic mass is 32.2. The van der Waals surface area contributed by atoms with E-state index in [0.29, 0.717) is 69.4 Å². The number of sulfonamides is 1. The Bertz CT molecular complexity index is 840. The minimum absolute atomic E-state index is 0.151. The van der Waals surface area contributed by atoms with Gasteiger partial charge in [-0.1, -0.05) is 40.0 Å². The molecule has 0 radical (unpaired) electrons. The van der Waals surface area contributed by atoms with Crippen LogP contribution in [0.4, 0.5) is 0 Å². The van der Waals surface area contributed by atoms with E-state index in [0.717, 1.165) is 25.7 Å². The summed E-state index contributed by atoms with van der Waals surface area (Å²) in [5.41, 5.74) is 0. The molecule has 1 saturated carbocycles. The van der Waals surface area contributed by atoms with Crippen molar-refractivity contribution < 1.29 is 32.6 Å².